The minimum Gasteiger partial charge on any atom is -0.332 e. The fraction of sp³-hybridized carbons (Fsp3) is 0.0625. The van der Waals surface area contributed by atoms with Gasteiger partial charge in [0.25, 0.3) is 0 Å². The van der Waals surface area contributed by atoms with Crippen LogP contribution in [0.5, 0.6) is 0 Å². The lowest BCUT2D eigenvalue weighted by Crippen LogP contribution is -1.95. The second kappa shape index (κ2) is 5.67. The van der Waals surface area contributed by atoms with E-state index in [9.17, 15) is 0 Å². The highest BCUT2D eigenvalue weighted by Crippen LogP contribution is 2.25. The summed E-state index contributed by atoms with van der Waals surface area (Å²) in [5.74, 6) is 0. The Morgan fingerprint density at radius 2 is 2.00 bits per heavy atom. The zero-order valence-electron chi connectivity index (χ0n) is 10.4. The molecule has 2 nitrogen and oxygen atoms in total. The number of rotatable bonds is 3. The molecule has 3 rings (SSSR count). The Morgan fingerprint density at radius 1 is 1.11 bits per heavy atom. The number of anilines is 1. The summed E-state index contributed by atoms with van der Waals surface area (Å²) in [5, 5.41) is 6.34. The van der Waals surface area contributed by atoms with Crippen molar-refractivity contribution in [3.05, 3.63) is 71.8 Å². The van der Waals surface area contributed by atoms with E-state index in [4.69, 9.17) is 0 Å². The summed E-state index contributed by atoms with van der Waals surface area (Å²) in [7, 11) is 0. The standard InChI is InChI=1S/C16H14N2S/c1-2-7-11-14(10-6-1)17-16-18-15(12-19-16)13-8-4-3-5-9-13/h1,3-12H,2H2,(H,17,18). The third-order valence-electron chi connectivity index (χ3n) is 2.81. The van der Waals surface area contributed by atoms with Crippen LogP contribution in [0.25, 0.3) is 11.3 Å². The SMILES string of the molecule is C1=CCC=CC(Nc2nc(-c3ccccc3)cs2)=C1. The van der Waals surface area contributed by atoms with Crippen molar-refractivity contribution in [1.29, 1.82) is 0 Å². The van der Waals surface area contributed by atoms with Gasteiger partial charge in [0.05, 0.1) is 5.69 Å². The maximum atomic E-state index is 4.61. The smallest absolute Gasteiger partial charge is 0.187 e. The van der Waals surface area contributed by atoms with E-state index in [1.165, 1.54) is 0 Å². The predicted molar refractivity (Wildman–Crippen MR) is 82.2 cm³/mol. The van der Waals surface area contributed by atoms with Gasteiger partial charge in [-0.1, -0.05) is 48.6 Å². The molecule has 0 atom stereocenters. The Bertz CT molecular complexity index is 636. The van der Waals surface area contributed by atoms with Crippen LogP contribution in [0.4, 0.5) is 5.13 Å². The van der Waals surface area contributed by atoms with Crippen LogP contribution in [0.1, 0.15) is 6.42 Å². The fourth-order valence-corrected chi connectivity index (χ4v) is 2.60. The first-order chi connectivity index (χ1) is 9.42. The predicted octanol–water partition coefficient (Wildman–Crippen LogP) is 4.62. The van der Waals surface area contributed by atoms with Gasteiger partial charge >= 0.3 is 0 Å². The lowest BCUT2D eigenvalue weighted by Gasteiger charge is -2.01. The summed E-state index contributed by atoms with van der Waals surface area (Å²) in [6.45, 7) is 0. The first-order valence-electron chi connectivity index (χ1n) is 6.23. The number of hydrogen-bond donors (Lipinski definition) is 1. The van der Waals surface area contributed by atoms with E-state index in [0.29, 0.717) is 0 Å². The Kier molecular flexibility index (Phi) is 3.56. The largest absolute Gasteiger partial charge is 0.332 e. The second-order valence-electron chi connectivity index (χ2n) is 4.22. The Morgan fingerprint density at radius 3 is 2.89 bits per heavy atom. The van der Waals surface area contributed by atoms with Crippen molar-refractivity contribution >= 4 is 16.5 Å². The van der Waals surface area contributed by atoms with Crippen LogP contribution in [0.3, 0.4) is 0 Å². The van der Waals surface area contributed by atoms with E-state index in [2.05, 4.69) is 58.2 Å². The summed E-state index contributed by atoms with van der Waals surface area (Å²) in [6.07, 6.45) is 11.5. The van der Waals surface area contributed by atoms with Gasteiger partial charge in [-0.15, -0.1) is 11.3 Å². The number of aromatic nitrogens is 1. The summed E-state index contributed by atoms with van der Waals surface area (Å²) in [6, 6.07) is 10.2. The van der Waals surface area contributed by atoms with Crippen LogP contribution in [-0.4, -0.2) is 4.98 Å². The zero-order valence-corrected chi connectivity index (χ0v) is 11.2. The Labute approximate surface area is 116 Å². The molecule has 2 aromatic rings. The molecule has 0 fully saturated rings. The topological polar surface area (TPSA) is 24.9 Å². The molecule has 0 saturated heterocycles. The number of nitrogens with zero attached hydrogens (tertiary/aromatic N) is 1. The average Bonchev–Trinajstić information content (AvgIpc) is 2.76. The fourth-order valence-electron chi connectivity index (χ4n) is 1.86. The van der Waals surface area contributed by atoms with Gasteiger partial charge in [0.15, 0.2) is 5.13 Å². The first-order valence-corrected chi connectivity index (χ1v) is 7.11. The third kappa shape index (κ3) is 3.01. The van der Waals surface area contributed by atoms with Crippen LogP contribution in [-0.2, 0) is 0 Å². The molecule has 1 aliphatic carbocycles. The van der Waals surface area contributed by atoms with Crippen LogP contribution in [0.15, 0.2) is 71.8 Å². The third-order valence-corrected chi connectivity index (χ3v) is 3.56. The molecular formula is C16H14N2S. The van der Waals surface area contributed by atoms with Gasteiger partial charge in [0.1, 0.15) is 0 Å². The van der Waals surface area contributed by atoms with Crippen molar-refractivity contribution in [2.45, 2.75) is 6.42 Å². The molecule has 0 aliphatic heterocycles. The number of hydrogen-bond acceptors (Lipinski definition) is 3. The lowest BCUT2D eigenvalue weighted by molar-refractivity contribution is 1.35. The van der Waals surface area contributed by atoms with Crippen LogP contribution in [0.2, 0.25) is 0 Å². The molecule has 1 aromatic heterocycles. The van der Waals surface area contributed by atoms with Crippen molar-refractivity contribution < 1.29 is 0 Å². The molecule has 0 spiro atoms. The van der Waals surface area contributed by atoms with Crippen LogP contribution < -0.4 is 5.32 Å². The van der Waals surface area contributed by atoms with Crippen molar-refractivity contribution in [2.75, 3.05) is 5.32 Å². The van der Waals surface area contributed by atoms with Gasteiger partial charge in [-0.3, -0.25) is 0 Å². The first kappa shape index (κ1) is 11.9. The van der Waals surface area contributed by atoms with Crippen molar-refractivity contribution in [3.8, 4) is 11.3 Å². The Hall–Kier alpha value is -2.13. The highest BCUT2D eigenvalue weighted by atomic mass is 32.1. The van der Waals surface area contributed by atoms with E-state index in [0.717, 1.165) is 28.5 Å². The minimum atomic E-state index is 0.921. The van der Waals surface area contributed by atoms with Gasteiger partial charge in [-0.25, -0.2) is 4.98 Å². The van der Waals surface area contributed by atoms with E-state index < -0.39 is 0 Å². The molecule has 1 heterocycles. The molecule has 0 saturated carbocycles. The average molecular weight is 266 g/mol. The maximum absolute atomic E-state index is 4.61. The molecule has 94 valence electrons. The lowest BCUT2D eigenvalue weighted by atomic mass is 10.2. The second-order valence-corrected chi connectivity index (χ2v) is 5.08. The summed E-state index contributed by atoms with van der Waals surface area (Å²) >= 11 is 1.62. The number of thiazole rings is 1. The Balaban J connectivity index is 1.79. The summed E-state index contributed by atoms with van der Waals surface area (Å²) in [4.78, 5) is 4.61. The molecule has 0 unspecified atom stereocenters. The summed E-state index contributed by atoms with van der Waals surface area (Å²) < 4.78 is 0. The molecule has 0 radical (unpaired) electrons. The van der Waals surface area contributed by atoms with E-state index in [1.54, 1.807) is 11.3 Å². The molecule has 1 aliphatic rings. The van der Waals surface area contributed by atoms with Crippen molar-refractivity contribution in [3.63, 3.8) is 0 Å². The van der Waals surface area contributed by atoms with E-state index in [-0.39, 0.29) is 0 Å². The molecule has 0 amide bonds. The van der Waals surface area contributed by atoms with Crippen molar-refractivity contribution in [1.82, 2.24) is 4.98 Å². The molecule has 0 bridgehead atoms. The van der Waals surface area contributed by atoms with Crippen molar-refractivity contribution in [2.24, 2.45) is 0 Å². The van der Waals surface area contributed by atoms with E-state index >= 15 is 0 Å². The normalized spacial score (nSPS) is 14.0. The van der Waals surface area contributed by atoms with Crippen LogP contribution in [0, 0.1) is 0 Å². The molecule has 1 aromatic carbocycles. The molecule has 19 heavy (non-hydrogen) atoms. The van der Waals surface area contributed by atoms with Crippen LogP contribution >= 0.6 is 11.3 Å². The molecular weight excluding hydrogens is 252 g/mol. The summed E-state index contributed by atoms with van der Waals surface area (Å²) in [5.41, 5.74) is 3.24. The van der Waals surface area contributed by atoms with Gasteiger partial charge in [0, 0.05) is 16.6 Å². The highest BCUT2D eigenvalue weighted by Gasteiger charge is 2.04. The zero-order chi connectivity index (χ0) is 12.9. The molecule has 3 heteroatoms. The van der Waals surface area contributed by atoms with Gasteiger partial charge in [-0.05, 0) is 18.6 Å². The van der Waals surface area contributed by atoms with E-state index in [1.807, 2.05) is 18.2 Å². The number of benzene rings is 1. The highest BCUT2D eigenvalue weighted by molar-refractivity contribution is 7.14. The maximum Gasteiger partial charge on any atom is 0.187 e. The van der Waals surface area contributed by atoms with Gasteiger partial charge in [0.2, 0.25) is 0 Å². The minimum absolute atomic E-state index is 0.921. The molecule has 1 N–H and O–H groups in total. The number of nitrogens with one attached hydrogen (secondary N) is 1. The number of allylic oxidation sites excluding steroid dienone is 5. The monoisotopic (exact) mass is 266 g/mol. The quantitative estimate of drug-likeness (QED) is 0.876. The van der Waals surface area contributed by atoms with Gasteiger partial charge < -0.3 is 5.32 Å². The van der Waals surface area contributed by atoms with Gasteiger partial charge in [-0.2, -0.15) is 0 Å².